The second kappa shape index (κ2) is 7.13. The maximum atomic E-state index is 13.2. The zero-order valence-corrected chi connectivity index (χ0v) is 10.1. The van der Waals surface area contributed by atoms with Crippen LogP contribution in [0.2, 0.25) is 0 Å². The van der Waals surface area contributed by atoms with Gasteiger partial charge in [0.05, 0.1) is 5.56 Å². The standard InChI is InChI=1S/C12H15FN2S/c1-16-7-3-2-6-15-11-5-4-10(9-14)12(13)8-11/h4-5,8,15H,2-3,6-7H2,1H3. The SMILES string of the molecule is CSCCCCNc1ccc(C#N)c(F)c1. The molecular formula is C12H15FN2S. The van der Waals surface area contributed by atoms with Crippen LogP contribution in [-0.4, -0.2) is 18.6 Å². The van der Waals surface area contributed by atoms with Crippen LogP contribution in [0.1, 0.15) is 18.4 Å². The van der Waals surface area contributed by atoms with Gasteiger partial charge in [0.25, 0.3) is 0 Å². The number of halogens is 1. The van der Waals surface area contributed by atoms with E-state index in [0.29, 0.717) is 0 Å². The van der Waals surface area contributed by atoms with Crippen LogP contribution in [0.4, 0.5) is 10.1 Å². The summed E-state index contributed by atoms with van der Waals surface area (Å²) in [4.78, 5) is 0. The molecule has 0 aliphatic carbocycles. The van der Waals surface area contributed by atoms with Crippen molar-refractivity contribution in [1.82, 2.24) is 0 Å². The normalized spacial score (nSPS) is 9.81. The molecule has 1 N–H and O–H groups in total. The van der Waals surface area contributed by atoms with Gasteiger partial charge < -0.3 is 5.32 Å². The predicted octanol–water partition coefficient (Wildman–Crippen LogP) is 3.25. The van der Waals surface area contributed by atoms with Crippen molar-refractivity contribution >= 4 is 17.4 Å². The molecule has 0 fully saturated rings. The lowest BCUT2D eigenvalue weighted by molar-refractivity contribution is 0.624. The van der Waals surface area contributed by atoms with Gasteiger partial charge in [-0.1, -0.05) is 0 Å². The molecule has 0 amide bonds. The fraction of sp³-hybridized carbons (Fsp3) is 0.417. The molecule has 1 rings (SSSR count). The molecule has 0 saturated heterocycles. The summed E-state index contributed by atoms with van der Waals surface area (Å²) in [6.07, 6.45) is 4.32. The Morgan fingerprint density at radius 1 is 1.44 bits per heavy atom. The Labute approximate surface area is 99.9 Å². The molecule has 86 valence electrons. The first-order valence-electron chi connectivity index (χ1n) is 5.20. The van der Waals surface area contributed by atoms with E-state index in [2.05, 4.69) is 11.6 Å². The first-order valence-corrected chi connectivity index (χ1v) is 6.59. The van der Waals surface area contributed by atoms with Crippen LogP contribution in [0.5, 0.6) is 0 Å². The monoisotopic (exact) mass is 238 g/mol. The van der Waals surface area contributed by atoms with Crippen LogP contribution >= 0.6 is 11.8 Å². The molecule has 0 unspecified atom stereocenters. The number of nitrogens with one attached hydrogen (secondary N) is 1. The van der Waals surface area contributed by atoms with Gasteiger partial charge in [-0.25, -0.2) is 4.39 Å². The molecule has 0 spiro atoms. The van der Waals surface area contributed by atoms with Crippen molar-refractivity contribution in [3.8, 4) is 6.07 Å². The summed E-state index contributed by atoms with van der Waals surface area (Å²) in [6.45, 7) is 0.839. The zero-order valence-electron chi connectivity index (χ0n) is 9.29. The molecule has 0 heterocycles. The minimum Gasteiger partial charge on any atom is -0.385 e. The van der Waals surface area contributed by atoms with Crippen molar-refractivity contribution in [1.29, 1.82) is 5.26 Å². The molecule has 2 nitrogen and oxygen atoms in total. The van der Waals surface area contributed by atoms with E-state index in [1.165, 1.54) is 12.1 Å². The fourth-order valence-electron chi connectivity index (χ4n) is 1.32. The van der Waals surface area contributed by atoms with Gasteiger partial charge in [-0.3, -0.25) is 0 Å². The largest absolute Gasteiger partial charge is 0.385 e. The average molecular weight is 238 g/mol. The Bertz CT molecular complexity index is 374. The summed E-state index contributed by atoms with van der Waals surface area (Å²) in [5, 5.41) is 11.7. The van der Waals surface area contributed by atoms with E-state index in [4.69, 9.17) is 5.26 Å². The molecule has 0 radical (unpaired) electrons. The lowest BCUT2D eigenvalue weighted by Gasteiger charge is -2.06. The molecule has 1 aromatic rings. The molecule has 1 aromatic carbocycles. The summed E-state index contributed by atoms with van der Waals surface area (Å²) in [5.74, 6) is 0.695. The van der Waals surface area contributed by atoms with Gasteiger partial charge in [-0.15, -0.1) is 0 Å². The number of nitrogens with zero attached hydrogens (tertiary/aromatic N) is 1. The highest BCUT2D eigenvalue weighted by Crippen LogP contribution is 2.13. The third-order valence-corrected chi connectivity index (χ3v) is 2.89. The van der Waals surface area contributed by atoms with Crippen LogP contribution in [0, 0.1) is 17.1 Å². The van der Waals surface area contributed by atoms with Crippen LogP contribution in [0.15, 0.2) is 18.2 Å². The van der Waals surface area contributed by atoms with Gasteiger partial charge in [0.2, 0.25) is 0 Å². The molecule has 0 atom stereocenters. The average Bonchev–Trinajstić information content (AvgIpc) is 2.29. The summed E-state index contributed by atoms with van der Waals surface area (Å²) >= 11 is 1.83. The van der Waals surface area contributed by atoms with Gasteiger partial charge in [0, 0.05) is 12.2 Å². The maximum absolute atomic E-state index is 13.2. The zero-order chi connectivity index (χ0) is 11.8. The first-order chi connectivity index (χ1) is 7.77. The van der Waals surface area contributed by atoms with E-state index in [9.17, 15) is 4.39 Å². The number of hydrogen-bond donors (Lipinski definition) is 1. The van der Waals surface area contributed by atoms with Gasteiger partial charge in [-0.05, 0) is 43.0 Å². The molecular weight excluding hydrogens is 223 g/mol. The summed E-state index contributed by atoms with van der Waals surface area (Å²) in [5.41, 5.74) is 0.827. The number of benzene rings is 1. The van der Waals surface area contributed by atoms with Crippen molar-refractivity contribution in [2.24, 2.45) is 0 Å². The summed E-state index contributed by atoms with van der Waals surface area (Å²) < 4.78 is 13.2. The Morgan fingerprint density at radius 3 is 2.88 bits per heavy atom. The minimum absolute atomic E-state index is 0.0907. The van der Waals surface area contributed by atoms with Crippen molar-refractivity contribution in [3.63, 3.8) is 0 Å². The number of unbranched alkanes of at least 4 members (excludes halogenated alkanes) is 1. The Morgan fingerprint density at radius 2 is 2.25 bits per heavy atom. The topological polar surface area (TPSA) is 35.8 Å². The van der Waals surface area contributed by atoms with Crippen molar-refractivity contribution in [2.75, 3.05) is 23.9 Å². The third-order valence-electron chi connectivity index (χ3n) is 2.19. The van der Waals surface area contributed by atoms with E-state index < -0.39 is 5.82 Å². The van der Waals surface area contributed by atoms with Gasteiger partial charge in [-0.2, -0.15) is 17.0 Å². The Hall–Kier alpha value is -1.21. The van der Waals surface area contributed by atoms with E-state index in [1.807, 2.05) is 11.8 Å². The Balaban J connectivity index is 2.38. The maximum Gasteiger partial charge on any atom is 0.143 e. The smallest absolute Gasteiger partial charge is 0.143 e. The minimum atomic E-state index is -0.461. The second-order valence-corrected chi connectivity index (χ2v) is 4.42. The van der Waals surface area contributed by atoms with E-state index in [-0.39, 0.29) is 5.56 Å². The summed E-state index contributed by atoms with van der Waals surface area (Å²) in [7, 11) is 0. The highest BCUT2D eigenvalue weighted by Gasteiger charge is 2.01. The summed E-state index contributed by atoms with van der Waals surface area (Å²) in [6, 6.07) is 6.40. The van der Waals surface area contributed by atoms with Crippen molar-refractivity contribution in [2.45, 2.75) is 12.8 Å². The van der Waals surface area contributed by atoms with Crippen molar-refractivity contribution in [3.05, 3.63) is 29.6 Å². The fourth-order valence-corrected chi connectivity index (χ4v) is 1.81. The van der Waals surface area contributed by atoms with Crippen LogP contribution in [0.25, 0.3) is 0 Å². The third kappa shape index (κ3) is 4.11. The number of thioether (sulfide) groups is 1. The van der Waals surface area contributed by atoms with Crippen LogP contribution in [0.3, 0.4) is 0 Å². The van der Waals surface area contributed by atoms with Gasteiger partial charge >= 0.3 is 0 Å². The predicted molar refractivity (Wildman–Crippen MR) is 67.2 cm³/mol. The molecule has 4 heteroatoms. The Kier molecular flexibility index (Phi) is 5.73. The number of rotatable bonds is 6. The number of nitriles is 1. The van der Waals surface area contributed by atoms with E-state index in [1.54, 1.807) is 12.1 Å². The van der Waals surface area contributed by atoms with E-state index in [0.717, 1.165) is 30.8 Å². The molecule has 16 heavy (non-hydrogen) atoms. The van der Waals surface area contributed by atoms with Crippen LogP contribution < -0.4 is 5.32 Å². The first kappa shape index (κ1) is 12.9. The highest BCUT2D eigenvalue weighted by molar-refractivity contribution is 7.98. The van der Waals surface area contributed by atoms with Gasteiger partial charge in [0.1, 0.15) is 11.9 Å². The van der Waals surface area contributed by atoms with Crippen LogP contribution in [-0.2, 0) is 0 Å². The molecule has 0 saturated carbocycles. The molecule has 0 aliphatic heterocycles. The van der Waals surface area contributed by atoms with E-state index >= 15 is 0 Å². The second-order valence-electron chi connectivity index (χ2n) is 3.43. The highest BCUT2D eigenvalue weighted by atomic mass is 32.2. The van der Waals surface area contributed by atoms with Crippen molar-refractivity contribution < 1.29 is 4.39 Å². The number of anilines is 1. The number of hydrogen-bond acceptors (Lipinski definition) is 3. The lowest BCUT2D eigenvalue weighted by atomic mass is 10.2. The molecule has 0 bridgehead atoms. The quantitative estimate of drug-likeness (QED) is 0.773. The lowest BCUT2D eigenvalue weighted by Crippen LogP contribution is -2.02. The van der Waals surface area contributed by atoms with Gasteiger partial charge in [0.15, 0.2) is 0 Å². The molecule has 0 aliphatic rings. The molecule has 0 aromatic heterocycles.